The molecule has 1 atom stereocenters. The molecule has 60 valence electrons. The minimum Gasteiger partial charge on any atom is -0.465 e. The summed E-state index contributed by atoms with van der Waals surface area (Å²) in [6, 6.07) is 0. The quantitative estimate of drug-likeness (QED) is 0.559. The van der Waals surface area contributed by atoms with Crippen molar-refractivity contribution >= 4 is 6.09 Å². The Balaban J connectivity index is 3.94. The highest BCUT2D eigenvalue weighted by molar-refractivity contribution is 5.64. The molecule has 1 unspecified atom stereocenters. The van der Waals surface area contributed by atoms with Gasteiger partial charge in [-0.2, -0.15) is 0 Å². The average Bonchev–Trinajstić information content (AvgIpc) is 1.84. The molecule has 4 heteroatoms. The smallest absolute Gasteiger partial charge is 0.408 e. The highest BCUT2D eigenvalue weighted by Crippen LogP contribution is 2.01. The minimum atomic E-state index is -0.985. The van der Waals surface area contributed by atoms with Crippen LogP contribution in [0.3, 0.4) is 0 Å². The van der Waals surface area contributed by atoms with Crippen LogP contribution in [-0.4, -0.2) is 29.3 Å². The van der Waals surface area contributed by atoms with E-state index in [9.17, 15) is 4.79 Å². The molecule has 0 aliphatic heterocycles. The van der Waals surface area contributed by atoms with Crippen molar-refractivity contribution in [3.8, 4) is 0 Å². The van der Waals surface area contributed by atoms with Gasteiger partial charge in [0, 0.05) is 7.05 Å². The van der Waals surface area contributed by atoms with E-state index in [0.29, 0.717) is 0 Å². The van der Waals surface area contributed by atoms with Crippen LogP contribution in [-0.2, 0) is 0 Å². The van der Waals surface area contributed by atoms with Gasteiger partial charge in [0.1, 0.15) is 0 Å². The second-order valence-electron chi connectivity index (χ2n) is 2.63. The van der Waals surface area contributed by atoms with Crippen LogP contribution in [0.5, 0.6) is 0 Å². The molecule has 0 aliphatic rings. The van der Waals surface area contributed by atoms with Crippen LogP contribution in [0.4, 0.5) is 4.79 Å². The van der Waals surface area contributed by atoms with E-state index in [4.69, 9.17) is 10.8 Å². The summed E-state index contributed by atoms with van der Waals surface area (Å²) in [6.45, 7) is 3.76. The first-order valence-electron chi connectivity index (χ1n) is 3.18. The van der Waals surface area contributed by atoms with E-state index in [1.54, 1.807) is 0 Å². The van der Waals surface area contributed by atoms with Crippen LogP contribution in [0.25, 0.3) is 0 Å². The molecular formula is C6H14N2O2. The lowest BCUT2D eigenvalue weighted by molar-refractivity contribution is 0.127. The van der Waals surface area contributed by atoms with Gasteiger partial charge in [-0.3, -0.25) is 4.90 Å². The van der Waals surface area contributed by atoms with Gasteiger partial charge >= 0.3 is 6.09 Å². The zero-order valence-electron chi connectivity index (χ0n) is 6.53. The van der Waals surface area contributed by atoms with Crippen LogP contribution in [0.1, 0.15) is 13.8 Å². The van der Waals surface area contributed by atoms with Gasteiger partial charge in [-0.1, -0.05) is 13.8 Å². The van der Waals surface area contributed by atoms with Crippen LogP contribution in [0.2, 0.25) is 0 Å². The van der Waals surface area contributed by atoms with Crippen LogP contribution < -0.4 is 5.73 Å². The lowest BCUT2D eigenvalue weighted by Gasteiger charge is -2.24. The highest BCUT2D eigenvalue weighted by Gasteiger charge is 2.17. The molecule has 0 fully saturated rings. The number of carbonyl (C=O) groups is 1. The molecule has 0 heterocycles. The second-order valence-corrected chi connectivity index (χ2v) is 2.63. The first kappa shape index (κ1) is 9.23. The van der Waals surface area contributed by atoms with E-state index in [2.05, 4.69) is 0 Å². The maximum absolute atomic E-state index is 10.3. The Kier molecular flexibility index (Phi) is 3.15. The van der Waals surface area contributed by atoms with Crippen LogP contribution in [0.15, 0.2) is 0 Å². The molecule has 0 spiro atoms. The van der Waals surface area contributed by atoms with Crippen molar-refractivity contribution in [2.75, 3.05) is 7.05 Å². The van der Waals surface area contributed by atoms with Crippen LogP contribution >= 0.6 is 0 Å². The molecule has 1 amide bonds. The zero-order valence-corrected chi connectivity index (χ0v) is 6.53. The van der Waals surface area contributed by atoms with E-state index >= 15 is 0 Å². The molecule has 0 rings (SSSR count). The molecule has 0 aromatic heterocycles. The topological polar surface area (TPSA) is 66.6 Å². The largest absolute Gasteiger partial charge is 0.465 e. The summed E-state index contributed by atoms with van der Waals surface area (Å²) >= 11 is 0. The Bertz CT molecular complexity index is 125. The number of carboxylic acid groups (broad SMARTS) is 1. The van der Waals surface area contributed by atoms with E-state index in [1.807, 2.05) is 13.8 Å². The molecule has 0 aromatic carbocycles. The maximum Gasteiger partial charge on any atom is 0.408 e. The van der Waals surface area contributed by atoms with Crippen LogP contribution in [0, 0.1) is 5.92 Å². The lowest BCUT2D eigenvalue weighted by Crippen LogP contribution is -2.45. The number of hydrogen-bond donors (Lipinski definition) is 2. The standard InChI is InChI=1S/C6H14N2O2/c1-4(2)5(7)8(3)6(9)10/h4-5H,7H2,1-3H3,(H,9,10). The van der Waals surface area contributed by atoms with Gasteiger partial charge in [0.25, 0.3) is 0 Å². The highest BCUT2D eigenvalue weighted by atomic mass is 16.4. The van der Waals surface area contributed by atoms with Crippen molar-refractivity contribution in [1.82, 2.24) is 4.90 Å². The normalized spacial score (nSPS) is 13.3. The van der Waals surface area contributed by atoms with Gasteiger partial charge in [0.05, 0.1) is 6.17 Å². The molecule has 0 radical (unpaired) electrons. The molecule has 10 heavy (non-hydrogen) atoms. The predicted octanol–water partition coefficient (Wildman–Crippen LogP) is 0.537. The third kappa shape index (κ3) is 2.23. The second kappa shape index (κ2) is 3.41. The summed E-state index contributed by atoms with van der Waals surface area (Å²) in [5.41, 5.74) is 5.51. The van der Waals surface area contributed by atoms with Crippen molar-refractivity contribution in [2.24, 2.45) is 11.7 Å². The average molecular weight is 146 g/mol. The molecule has 0 saturated carbocycles. The number of hydrogen-bond acceptors (Lipinski definition) is 2. The Hall–Kier alpha value is -0.770. The first-order chi connectivity index (χ1) is 4.46. The van der Waals surface area contributed by atoms with Gasteiger partial charge in [-0.05, 0) is 5.92 Å². The third-order valence-electron chi connectivity index (χ3n) is 1.43. The monoisotopic (exact) mass is 146 g/mol. The molecule has 4 nitrogen and oxygen atoms in total. The summed E-state index contributed by atoms with van der Waals surface area (Å²) < 4.78 is 0. The molecular weight excluding hydrogens is 132 g/mol. The Morgan fingerprint density at radius 2 is 2.00 bits per heavy atom. The Labute approximate surface area is 60.6 Å². The van der Waals surface area contributed by atoms with E-state index in [0.717, 1.165) is 4.90 Å². The summed E-state index contributed by atoms with van der Waals surface area (Å²) in [6.07, 6.45) is -1.39. The van der Waals surface area contributed by atoms with Gasteiger partial charge in [-0.25, -0.2) is 4.79 Å². The van der Waals surface area contributed by atoms with Gasteiger partial charge in [0.15, 0.2) is 0 Å². The van der Waals surface area contributed by atoms with Crippen molar-refractivity contribution in [1.29, 1.82) is 0 Å². The Morgan fingerprint density at radius 1 is 1.60 bits per heavy atom. The van der Waals surface area contributed by atoms with Crippen molar-refractivity contribution in [2.45, 2.75) is 20.0 Å². The fourth-order valence-electron chi connectivity index (χ4n) is 0.575. The SMILES string of the molecule is CC(C)C(N)N(C)C(=O)O. The summed E-state index contributed by atoms with van der Waals surface area (Å²) in [5.74, 6) is 0.154. The number of nitrogens with two attached hydrogens (primary N) is 1. The number of amides is 1. The molecule has 0 aromatic rings. The summed E-state index contributed by atoms with van der Waals surface area (Å²) in [7, 11) is 1.47. The lowest BCUT2D eigenvalue weighted by atomic mass is 10.1. The van der Waals surface area contributed by atoms with Gasteiger partial charge < -0.3 is 10.8 Å². The fraction of sp³-hybridized carbons (Fsp3) is 0.833. The third-order valence-corrected chi connectivity index (χ3v) is 1.43. The van der Waals surface area contributed by atoms with Crippen molar-refractivity contribution in [3.05, 3.63) is 0 Å². The molecule has 0 saturated heterocycles. The van der Waals surface area contributed by atoms with Crippen molar-refractivity contribution in [3.63, 3.8) is 0 Å². The molecule has 0 aliphatic carbocycles. The molecule has 0 bridgehead atoms. The fourth-order valence-corrected chi connectivity index (χ4v) is 0.575. The van der Waals surface area contributed by atoms with Gasteiger partial charge in [0.2, 0.25) is 0 Å². The van der Waals surface area contributed by atoms with E-state index in [-0.39, 0.29) is 5.92 Å². The zero-order chi connectivity index (χ0) is 8.31. The van der Waals surface area contributed by atoms with E-state index in [1.165, 1.54) is 7.05 Å². The number of nitrogens with zero attached hydrogens (tertiary/aromatic N) is 1. The minimum absolute atomic E-state index is 0.154. The number of rotatable bonds is 2. The summed E-state index contributed by atoms with van der Waals surface area (Å²) in [4.78, 5) is 11.4. The van der Waals surface area contributed by atoms with Crippen molar-refractivity contribution < 1.29 is 9.90 Å². The summed E-state index contributed by atoms with van der Waals surface area (Å²) in [5, 5.41) is 8.45. The molecule has 3 N–H and O–H groups in total. The van der Waals surface area contributed by atoms with Gasteiger partial charge in [-0.15, -0.1) is 0 Å². The van der Waals surface area contributed by atoms with E-state index < -0.39 is 12.3 Å². The predicted molar refractivity (Wildman–Crippen MR) is 38.6 cm³/mol. The maximum atomic E-state index is 10.3. The first-order valence-corrected chi connectivity index (χ1v) is 3.18. The Morgan fingerprint density at radius 3 is 2.10 bits per heavy atom.